The molecule has 2 aromatic carbocycles. The van der Waals surface area contributed by atoms with Crippen molar-refractivity contribution in [2.75, 3.05) is 5.43 Å². The number of benzene rings is 2. The Morgan fingerprint density at radius 3 is 2.28 bits per heavy atom. The summed E-state index contributed by atoms with van der Waals surface area (Å²) in [6, 6.07) is 19.7. The molecule has 0 aliphatic carbocycles. The Morgan fingerprint density at radius 1 is 1.00 bits per heavy atom. The monoisotopic (exact) mass is 256 g/mol. The Morgan fingerprint density at radius 2 is 1.61 bits per heavy atom. The molecule has 0 fully saturated rings. The van der Waals surface area contributed by atoms with Gasteiger partial charge in [0.2, 0.25) is 0 Å². The number of nitrogens with zero attached hydrogens (tertiary/aromatic N) is 1. The molecular weight excluding hydrogens is 242 g/mol. The highest BCUT2D eigenvalue weighted by molar-refractivity contribution is 8.15. The van der Waals surface area contributed by atoms with Gasteiger partial charge in [0.15, 0.2) is 0 Å². The molecule has 4 heteroatoms. The van der Waals surface area contributed by atoms with Crippen molar-refractivity contribution >= 4 is 28.7 Å². The molecular formula is C14H14N3S+. The maximum atomic E-state index is 5.86. The molecule has 0 atom stereocenters. The van der Waals surface area contributed by atoms with Gasteiger partial charge in [-0.1, -0.05) is 36.4 Å². The molecule has 0 amide bonds. The number of nitrogens with one attached hydrogen (secondary N) is 1. The summed E-state index contributed by atoms with van der Waals surface area (Å²) in [5.41, 5.74) is 3.85. The summed E-state index contributed by atoms with van der Waals surface area (Å²) < 4.78 is 0. The van der Waals surface area contributed by atoms with Gasteiger partial charge in [-0.25, -0.2) is 5.41 Å². The molecule has 0 unspecified atom stereocenters. The second kappa shape index (κ2) is 6.61. The smallest absolute Gasteiger partial charge is 0.256 e. The van der Waals surface area contributed by atoms with Gasteiger partial charge in [-0.05, 0) is 36.0 Å². The molecule has 0 bridgehead atoms. The Labute approximate surface area is 110 Å². The summed E-state index contributed by atoms with van der Waals surface area (Å²) in [7, 11) is 0. The highest BCUT2D eigenvalue weighted by Gasteiger charge is 2.01. The minimum absolute atomic E-state index is 0.643. The maximum Gasteiger partial charge on any atom is 0.256 e. The van der Waals surface area contributed by atoms with Crippen molar-refractivity contribution in [2.24, 2.45) is 5.10 Å². The standard InChI is InChI=1S/C14H13N3S/c15-14(18-13-9-5-2-6-10-13)11-16-17-12-7-3-1-4-8-12/h1-11,15,17H/p+1/b15-14?,16-11+. The number of rotatable bonds is 4. The molecule has 3 nitrogen and oxygen atoms in total. The third-order valence-electron chi connectivity index (χ3n) is 2.14. The van der Waals surface area contributed by atoms with Crippen LogP contribution in [-0.2, 0) is 0 Å². The van der Waals surface area contributed by atoms with Crippen LogP contribution in [0.2, 0.25) is 0 Å². The zero-order valence-corrected chi connectivity index (χ0v) is 10.6. The number of anilines is 1. The third-order valence-corrected chi connectivity index (χ3v) is 2.99. The zero-order valence-electron chi connectivity index (χ0n) is 9.78. The van der Waals surface area contributed by atoms with Crippen LogP contribution >= 0.6 is 11.8 Å². The fraction of sp³-hybridized carbons (Fsp3) is 0. The molecule has 2 aromatic rings. The number of nitrogens with two attached hydrogens (primary N) is 1. The zero-order chi connectivity index (χ0) is 12.6. The molecule has 0 radical (unpaired) electrons. The lowest BCUT2D eigenvalue weighted by Crippen LogP contribution is -2.38. The number of hydrogen-bond donors (Lipinski definition) is 2. The van der Waals surface area contributed by atoms with Crippen LogP contribution in [0, 0.1) is 0 Å². The van der Waals surface area contributed by atoms with Crippen molar-refractivity contribution in [3.05, 3.63) is 60.7 Å². The van der Waals surface area contributed by atoms with Crippen molar-refractivity contribution in [1.82, 2.24) is 0 Å². The molecule has 3 N–H and O–H groups in total. The molecule has 0 aliphatic rings. The van der Waals surface area contributed by atoms with Crippen LogP contribution in [-0.4, -0.2) is 11.3 Å². The summed E-state index contributed by atoms with van der Waals surface area (Å²) in [6.07, 6.45) is 1.62. The highest BCUT2D eigenvalue weighted by atomic mass is 32.2. The van der Waals surface area contributed by atoms with Gasteiger partial charge < -0.3 is 0 Å². The predicted octanol–water partition coefficient (Wildman–Crippen LogP) is 2.03. The molecule has 2 rings (SSSR count). The Bertz CT molecular complexity index is 523. The van der Waals surface area contributed by atoms with E-state index >= 15 is 0 Å². The topological polar surface area (TPSA) is 50.0 Å². The van der Waals surface area contributed by atoms with Gasteiger partial charge in [0.05, 0.1) is 5.69 Å². The highest BCUT2D eigenvalue weighted by Crippen LogP contribution is 2.15. The van der Waals surface area contributed by atoms with Crippen molar-refractivity contribution in [2.45, 2.75) is 4.90 Å². The van der Waals surface area contributed by atoms with E-state index in [0.29, 0.717) is 5.04 Å². The van der Waals surface area contributed by atoms with Crippen LogP contribution in [0.4, 0.5) is 5.69 Å². The average Bonchev–Trinajstić information content (AvgIpc) is 2.41. The lowest BCUT2D eigenvalue weighted by molar-refractivity contribution is -0.105. The van der Waals surface area contributed by atoms with Crippen LogP contribution in [0.1, 0.15) is 0 Å². The summed E-state index contributed by atoms with van der Waals surface area (Å²) >= 11 is 1.48. The van der Waals surface area contributed by atoms with Crippen LogP contribution in [0.5, 0.6) is 0 Å². The van der Waals surface area contributed by atoms with E-state index in [9.17, 15) is 0 Å². The van der Waals surface area contributed by atoms with E-state index in [-0.39, 0.29) is 0 Å². The van der Waals surface area contributed by atoms with Gasteiger partial charge in [0, 0.05) is 4.90 Å². The van der Waals surface area contributed by atoms with Crippen LogP contribution in [0.25, 0.3) is 0 Å². The summed E-state index contributed by atoms with van der Waals surface area (Å²) in [5.74, 6) is 0. The van der Waals surface area contributed by atoms with E-state index in [2.05, 4.69) is 10.5 Å². The molecule has 0 saturated carbocycles. The quantitative estimate of drug-likeness (QED) is 0.380. The summed E-state index contributed by atoms with van der Waals surface area (Å²) in [4.78, 5) is 1.10. The summed E-state index contributed by atoms with van der Waals surface area (Å²) in [5, 5.41) is 10.6. The van der Waals surface area contributed by atoms with E-state index in [1.807, 2.05) is 60.7 Å². The van der Waals surface area contributed by atoms with Crippen molar-refractivity contribution < 1.29 is 5.41 Å². The Kier molecular flexibility index (Phi) is 4.55. The van der Waals surface area contributed by atoms with E-state index in [1.165, 1.54) is 11.8 Å². The molecule has 0 heterocycles. The Hall–Kier alpha value is -2.07. The first kappa shape index (κ1) is 12.4. The van der Waals surface area contributed by atoms with Crippen LogP contribution in [0.15, 0.2) is 70.7 Å². The maximum absolute atomic E-state index is 5.86. The molecule has 0 spiro atoms. The van der Waals surface area contributed by atoms with Crippen molar-refractivity contribution in [3.8, 4) is 0 Å². The van der Waals surface area contributed by atoms with Gasteiger partial charge in [-0.2, -0.15) is 5.10 Å². The number of hydrogen-bond acceptors (Lipinski definition) is 3. The lowest BCUT2D eigenvalue weighted by Gasteiger charge is -1.97. The predicted molar refractivity (Wildman–Crippen MR) is 77.8 cm³/mol. The fourth-order valence-corrected chi connectivity index (χ4v) is 2.00. The molecule has 0 aliphatic heterocycles. The molecule has 0 saturated heterocycles. The van der Waals surface area contributed by atoms with Gasteiger partial charge in [-0.3, -0.25) is 5.43 Å². The van der Waals surface area contributed by atoms with E-state index < -0.39 is 0 Å². The van der Waals surface area contributed by atoms with Gasteiger partial charge in [0.25, 0.3) is 5.04 Å². The second-order valence-electron chi connectivity index (χ2n) is 3.55. The van der Waals surface area contributed by atoms with Gasteiger partial charge in [0.1, 0.15) is 6.21 Å². The first-order valence-electron chi connectivity index (χ1n) is 5.54. The van der Waals surface area contributed by atoms with Crippen LogP contribution in [0.3, 0.4) is 0 Å². The van der Waals surface area contributed by atoms with E-state index in [1.54, 1.807) is 6.21 Å². The number of para-hydroxylation sites is 1. The second-order valence-corrected chi connectivity index (χ2v) is 4.70. The molecule has 18 heavy (non-hydrogen) atoms. The normalized spacial score (nSPS) is 10.4. The summed E-state index contributed by atoms with van der Waals surface area (Å²) in [6.45, 7) is 0. The number of hydrazone groups is 1. The van der Waals surface area contributed by atoms with Crippen LogP contribution < -0.4 is 10.8 Å². The first-order valence-corrected chi connectivity index (χ1v) is 6.36. The van der Waals surface area contributed by atoms with Crippen molar-refractivity contribution in [1.29, 1.82) is 0 Å². The Balaban J connectivity index is 1.85. The van der Waals surface area contributed by atoms with Gasteiger partial charge in [-0.15, -0.1) is 0 Å². The molecule has 90 valence electrons. The average molecular weight is 256 g/mol. The minimum Gasteiger partial charge on any atom is -0.278 e. The van der Waals surface area contributed by atoms with Gasteiger partial charge >= 0.3 is 0 Å². The fourth-order valence-electron chi connectivity index (χ4n) is 1.33. The van der Waals surface area contributed by atoms with Crippen molar-refractivity contribution in [3.63, 3.8) is 0 Å². The van der Waals surface area contributed by atoms with E-state index in [4.69, 9.17) is 5.41 Å². The molecule has 0 aromatic heterocycles. The number of thioether (sulfide) groups is 1. The first-order chi connectivity index (χ1) is 8.84. The minimum atomic E-state index is 0.643. The lowest BCUT2D eigenvalue weighted by atomic mass is 10.3. The largest absolute Gasteiger partial charge is 0.278 e. The third kappa shape index (κ3) is 4.07. The SMILES string of the molecule is [NH2+]=C(/C=N/Nc1ccccc1)Sc1ccccc1. The van der Waals surface area contributed by atoms with E-state index in [0.717, 1.165) is 10.6 Å².